The summed E-state index contributed by atoms with van der Waals surface area (Å²) in [6.45, 7) is -0.0558. The Morgan fingerprint density at radius 3 is 2.50 bits per heavy atom. The SMILES string of the molecule is COc1ccccc1N(CCC(=O)Nc1ccccc1C#N)S(C)(=O)=O. The van der Waals surface area contributed by atoms with E-state index in [9.17, 15) is 13.2 Å². The Balaban J connectivity index is 2.16. The van der Waals surface area contributed by atoms with Crippen LogP contribution in [0.3, 0.4) is 0 Å². The Morgan fingerprint density at radius 2 is 1.85 bits per heavy atom. The van der Waals surface area contributed by atoms with Crippen LogP contribution in [0.5, 0.6) is 5.75 Å². The molecule has 0 aliphatic heterocycles. The quantitative estimate of drug-likeness (QED) is 0.803. The molecular weight excluding hydrogens is 354 g/mol. The zero-order valence-corrected chi connectivity index (χ0v) is 15.3. The molecule has 1 N–H and O–H groups in total. The number of para-hydroxylation sites is 3. The Hall–Kier alpha value is -3.05. The Labute approximate surface area is 152 Å². The number of nitrogens with one attached hydrogen (secondary N) is 1. The van der Waals surface area contributed by atoms with Crippen LogP contribution in [0.15, 0.2) is 48.5 Å². The minimum Gasteiger partial charge on any atom is -0.495 e. The number of nitrogens with zero attached hydrogens (tertiary/aromatic N) is 2. The van der Waals surface area contributed by atoms with Gasteiger partial charge in [0.2, 0.25) is 15.9 Å². The number of anilines is 2. The number of carbonyl (C=O) groups is 1. The normalized spacial score (nSPS) is 10.7. The van der Waals surface area contributed by atoms with Gasteiger partial charge in [-0.25, -0.2) is 8.42 Å². The summed E-state index contributed by atoms with van der Waals surface area (Å²) in [5, 5.41) is 11.7. The predicted octanol–water partition coefficient (Wildman–Crippen LogP) is 2.36. The van der Waals surface area contributed by atoms with Gasteiger partial charge in [-0.2, -0.15) is 5.26 Å². The van der Waals surface area contributed by atoms with Gasteiger partial charge in [0, 0.05) is 13.0 Å². The average Bonchev–Trinajstić information content (AvgIpc) is 2.61. The second-order valence-corrected chi connectivity index (χ2v) is 7.37. The summed E-state index contributed by atoms with van der Waals surface area (Å²) in [7, 11) is -2.16. The van der Waals surface area contributed by atoms with Crippen LogP contribution in [0.2, 0.25) is 0 Å². The fourth-order valence-electron chi connectivity index (χ4n) is 2.41. The van der Waals surface area contributed by atoms with Crippen LogP contribution >= 0.6 is 0 Å². The van der Waals surface area contributed by atoms with E-state index in [2.05, 4.69) is 5.32 Å². The van der Waals surface area contributed by atoms with E-state index >= 15 is 0 Å². The lowest BCUT2D eigenvalue weighted by Gasteiger charge is -2.24. The third kappa shape index (κ3) is 4.74. The summed E-state index contributed by atoms with van der Waals surface area (Å²) < 4.78 is 30.7. The highest BCUT2D eigenvalue weighted by Crippen LogP contribution is 2.29. The van der Waals surface area contributed by atoms with Crippen molar-refractivity contribution in [3.63, 3.8) is 0 Å². The van der Waals surface area contributed by atoms with Crippen molar-refractivity contribution >= 4 is 27.3 Å². The second kappa shape index (κ2) is 8.36. The molecular formula is C18H19N3O4S. The highest BCUT2D eigenvalue weighted by atomic mass is 32.2. The number of methoxy groups -OCH3 is 1. The smallest absolute Gasteiger partial charge is 0.232 e. The van der Waals surface area contributed by atoms with Crippen LogP contribution < -0.4 is 14.4 Å². The van der Waals surface area contributed by atoms with Crippen LogP contribution in [0, 0.1) is 11.3 Å². The molecule has 1 amide bonds. The van der Waals surface area contributed by atoms with Crippen molar-refractivity contribution in [1.82, 2.24) is 0 Å². The van der Waals surface area contributed by atoms with E-state index in [0.717, 1.165) is 10.6 Å². The number of amides is 1. The Bertz CT molecular complexity index is 935. The first kappa shape index (κ1) is 19.3. The number of hydrogen-bond donors (Lipinski definition) is 1. The summed E-state index contributed by atoms with van der Waals surface area (Å²) in [6.07, 6.45) is 0.993. The number of rotatable bonds is 7. The first-order valence-electron chi connectivity index (χ1n) is 7.76. The van der Waals surface area contributed by atoms with Gasteiger partial charge < -0.3 is 10.1 Å². The molecule has 0 atom stereocenters. The van der Waals surface area contributed by atoms with E-state index in [4.69, 9.17) is 10.00 Å². The van der Waals surface area contributed by atoms with Gasteiger partial charge in [-0.15, -0.1) is 0 Å². The molecule has 2 aromatic rings. The molecule has 2 rings (SSSR count). The van der Waals surface area contributed by atoms with Gasteiger partial charge in [0.25, 0.3) is 0 Å². The van der Waals surface area contributed by atoms with E-state index in [1.165, 1.54) is 7.11 Å². The van der Waals surface area contributed by atoms with Crippen LogP contribution in [-0.4, -0.2) is 34.2 Å². The molecule has 0 bridgehead atoms. The number of carbonyl (C=O) groups excluding carboxylic acids is 1. The van der Waals surface area contributed by atoms with Gasteiger partial charge in [-0.1, -0.05) is 24.3 Å². The first-order chi connectivity index (χ1) is 12.4. The van der Waals surface area contributed by atoms with Gasteiger partial charge in [0.1, 0.15) is 11.8 Å². The molecule has 0 radical (unpaired) electrons. The zero-order chi connectivity index (χ0) is 19.2. The maximum atomic E-state index is 12.2. The van der Waals surface area contributed by atoms with Crippen molar-refractivity contribution in [3.8, 4) is 11.8 Å². The number of sulfonamides is 1. The van der Waals surface area contributed by atoms with E-state index in [1.54, 1.807) is 48.5 Å². The molecule has 0 heterocycles. The maximum Gasteiger partial charge on any atom is 0.232 e. The average molecular weight is 373 g/mol. The summed E-state index contributed by atoms with van der Waals surface area (Å²) in [4.78, 5) is 12.2. The van der Waals surface area contributed by atoms with E-state index in [1.807, 2.05) is 6.07 Å². The fourth-order valence-corrected chi connectivity index (χ4v) is 3.34. The molecule has 0 spiro atoms. The molecule has 2 aromatic carbocycles. The molecule has 136 valence electrons. The van der Waals surface area contributed by atoms with Gasteiger partial charge in [0.05, 0.1) is 30.3 Å². The van der Waals surface area contributed by atoms with Crippen molar-refractivity contribution in [2.24, 2.45) is 0 Å². The van der Waals surface area contributed by atoms with E-state index < -0.39 is 15.9 Å². The summed E-state index contributed by atoms with van der Waals surface area (Å²) >= 11 is 0. The molecule has 0 saturated heterocycles. The van der Waals surface area contributed by atoms with E-state index in [0.29, 0.717) is 22.7 Å². The summed E-state index contributed by atoms with van der Waals surface area (Å²) in [6, 6.07) is 15.3. The topological polar surface area (TPSA) is 99.5 Å². The summed E-state index contributed by atoms with van der Waals surface area (Å²) in [5.74, 6) is 0.00408. The molecule has 7 nitrogen and oxygen atoms in total. The number of ether oxygens (including phenoxy) is 1. The van der Waals surface area contributed by atoms with Gasteiger partial charge in [-0.3, -0.25) is 9.10 Å². The number of hydrogen-bond acceptors (Lipinski definition) is 5. The van der Waals surface area contributed by atoms with Gasteiger partial charge in [0.15, 0.2) is 0 Å². The lowest BCUT2D eigenvalue weighted by atomic mass is 10.2. The molecule has 8 heteroatoms. The number of nitriles is 1. The largest absolute Gasteiger partial charge is 0.495 e. The molecule has 0 aliphatic rings. The van der Waals surface area contributed by atoms with Crippen LogP contribution in [0.25, 0.3) is 0 Å². The van der Waals surface area contributed by atoms with Crippen molar-refractivity contribution < 1.29 is 17.9 Å². The molecule has 0 unspecified atom stereocenters. The Morgan fingerprint density at radius 1 is 1.19 bits per heavy atom. The zero-order valence-electron chi connectivity index (χ0n) is 14.5. The molecule has 0 aliphatic carbocycles. The standard InChI is InChI=1S/C18H19N3O4S/c1-25-17-10-6-5-9-16(17)21(26(2,23)24)12-11-18(22)20-15-8-4-3-7-14(15)13-19/h3-10H,11-12H2,1-2H3,(H,20,22). The monoisotopic (exact) mass is 373 g/mol. The third-order valence-electron chi connectivity index (χ3n) is 3.62. The minimum atomic E-state index is -3.61. The number of benzene rings is 2. The van der Waals surface area contributed by atoms with E-state index in [-0.39, 0.29) is 13.0 Å². The van der Waals surface area contributed by atoms with Crippen molar-refractivity contribution in [2.75, 3.05) is 29.5 Å². The van der Waals surface area contributed by atoms with Gasteiger partial charge in [-0.05, 0) is 24.3 Å². The molecule has 0 saturated carbocycles. The van der Waals surface area contributed by atoms with Gasteiger partial charge >= 0.3 is 0 Å². The van der Waals surface area contributed by atoms with Crippen molar-refractivity contribution in [3.05, 3.63) is 54.1 Å². The highest BCUT2D eigenvalue weighted by Gasteiger charge is 2.21. The maximum absolute atomic E-state index is 12.2. The lowest BCUT2D eigenvalue weighted by Crippen LogP contribution is -2.33. The Kier molecular flexibility index (Phi) is 6.20. The van der Waals surface area contributed by atoms with Crippen molar-refractivity contribution in [1.29, 1.82) is 5.26 Å². The highest BCUT2D eigenvalue weighted by molar-refractivity contribution is 7.92. The lowest BCUT2D eigenvalue weighted by molar-refractivity contribution is -0.116. The van der Waals surface area contributed by atoms with Crippen LogP contribution in [0.4, 0.5) is 11.4 Å². The summed E-state index contributed by atoms with van der Waals surface area (Å²) in [5.41, 5.74) is 1.09. The molecule has 26 heavy (non-hydrogen) atoms. The van der Waals surface area contributed by atoms with Crippen LogP contribution in [0.1, 0.15) is 12.0 Å². The van der Waals surface area contributed by atoms with Crippen LogP contribution in [-0.2, 0) is 14.8 Å². The molecule has 0 fully saturated rings. The third-order valence-corrected chi connectivity index (χ3v) is 4.80. The second-order valence-electron chi connectivity index (χ2n) is 5.46. The fraction of sp³-hybridized carbons (Fsp3) is 0.222. The minimum absolute atomic E-state index is 0.0558. The van der Waals surface area contributed by atoms with Crippen molar-refractivity contribution in [2.45, 2.75) is 6.42 Å². The molecule has 0 aromatic heterocycles. The first-order valence-corrected chi connectivity index (χ1v) is 9.61. The predicted molar refractivity (Wildman–Crippen MR) is 99.6 cm³/mol.